The van der Waals surface area contributed by atoms with Gasteiger partial charge in [-0.25, -0.2) is 0 Å². The zero-order valence-electron chi connectivity index (χ0n) is 8.20. The van der Waals surface area contributed by atoms with Gasteiger partial charge in [0, 0.05) is 19.3 Å². The summed E-state index contributed by atoms with van der Waals surface area (Å²) in [6.45, 7) is 0. The van der Waals surface area contributed by atoms with E-state index in [4.69, 9.17) is 0 Å². The summed E-state index contributed by atoms with van der Waals surface area (Å²) in [7, 11) is 0. The second kappa shape index (κ2) is 4.59. The number of hydrogen-bond donors (Lipinski definition) is 0. The van der Waals surface area contributed by atoms with Gasteiger partial charge in [-0.1, -0.05) is 0 Å². The lowest BCUT2D eigenvalue weighted by Gasteiger charge is -1.94. The van der Waals surface area contributed by atoms with Crippen molar-refractivity contribution in [2.75, 3.05) is 0 Å². The molecule has 0 fully saturated rings. The van der Waals surface area contributed by atoms with Crippen LogP contribution in [0.15, 0.2) is 31.8 Å². The van der Waals surface area contributed by atoms with E-state index in [-0.39, 0.29) is 5.78 Å². The minimum atomic E-state index is 0.0981. The molecule has 86 valence electrons. The van der Waals surface area contributed by atoms with Crippen molar-refractivity contribution >= 4 is 81.1 Å². The van der Waals surface area contributed by atoms with Crippen LogP contribution in [0.3, 0.4) is 0 Å². The van der Waals surface area contributed by atoms with E-state index in [1.54, 1.807) is 22.7 Å². The number of carbonyl (C=O) groups excluding carboxylic acids is 1. The molecule has 6 heteroatoms. The van der Waals surface area contributed by atoms with Crippen LogP contribution in [0.1, 0.15) is 14.5 Å². The molecule has 0 radical (unpaired) electrons. The Morgan fingerprint density at radius 1 is 1.18 bits per heavy atom. The molecule has 0 atom stereocenters. The van der Waals surface area contributed by atoms with Crippen LogP contribution in [-0.2, 0) is 0 Å². The molecule has 0 saturated heterocycles. The van der Waals surface area contributed by atoms with Crippen molar-refractivity contribution in [3.05, 3.63) is 41.6 Å². The van der Waals surface area contributed by atoms with Crippen molar-refractivity contribution in [1.82, 2.24) is 0 Å². The molecule has 0 amide bonds. The van der Waals surface area contributed by atoms with Gasteiger partial charge in [-0.3, -0.25) is 4.79 Å². The number of carbonyl (C=O) groups is 1. The molecular formula is C11H4Br2OS3. The predicted octanol–water partition coefficient (Wildman–Crippen LogP) is 5.78. The van der Waals surface area contributed by atoms with Crippen molar-refractivity contribution in [3.8, 4) is 0 Å². The van der Waals surface area contributed by atoms with Gasteiger partial charge < -0.3 is 0 Å². The zero-order valence-corrected chi connectivity index (χ0v) is 13.8. The Morgan fingerprint density at radius 3 is 2.65 bits per heavy atom. The first-order valence-electron chi connectivity index (χ1n) is 4.61. The molecule has 17 heavy (non-hydrogen) atoms. The Bertz CT molecular complexity index is 679. The van der Waals surface area contributed by atoms with E-state index in [1.807, 2.05) is 16.8 Å². The third-order valence-electron chi connectivity index (χ3n) is 2.26. The number of thiophene rings is 3. The summed E-state index contributed by atoms with van der Waals surface area (Å²) in [5.74, 6) is 0.0981. The molecule has 3 rings (SSSR count). The molecule has 0 aliphatic rings. The lowest BCUT2D eigenvalue weighted by Crippen LogP contribution is -1.95. The average Bonchev–Trinajstić information content (AvgIpc) is 2.94. The fraction of sp³-hybridized carbons (Fsp3) is 0. The summed E-state index contributed by atoms with van der Waals surface area (Å²) in [5.41, 5.74) is 0. The standard InChI is InChI=1S/C11H4Br2OS3/c12-5-4-16-11(9(5)13)10(14)8-3-7-6(17-8)1-2-15-7/h1-4H. The predicted molar refractivity (Wildman–Crippen MR) is 82.9 cm³/mol. The van der Waals surface area contributed by atoms with Crippen LogP contribution in [-0.4, -0.2) is 5.78 Å². The topological polar surface area (TPSA) is 17.1 Å². The normalized spacial score (nSPS) is 11.2. The van der Waals surface area contributed by atoms with Gasteiger partial charge in [0.05, 0.1) is 14.2 Å². The molecule has 0 N–H and O–H groups in total. The van der Waals surface area contributed by atoms with Gasteiger partial charge in [0.1, 0.15) is 0 Å². The van der Waals surface area contributed by atoms with Crippen molar-refractivity contribution in [1.29, 1.82) is 0 Å². The van der Waals surface area contributed by atoms with Crippen molar-refractivity contribution in [2.45, 2.75) is 0 Å². The fourth-order valence-corrected chi connectivity index (χ4v) is 5.69. The summed E-state index contributed by atoms with van der Waals surface area (Å²) in [5, 5.41) is 3.97. The maximum atomic E-state index is 12.3. The SMILES string of the molecule is O=C(c1cc2sccc2s1)c1scc(Br)c1Br. The molecule has 0 aliphatic carbocycles. The molecule has 0 spiro atoms. The highest BCUT2D eigenvalue weighted by Gasteiger charge is 2.19. The number of ketones is 1. The highest BCUT2D eigenvalue weighted by molar-refractivity contribution is 9.13. The summed E-state index contributed by atoms with van der Waals surface area (Å²) < 4.78 is 4.16. The first kappa shape index (κ1) is 12.0. The van der Waals surface area contributed by atoms with E-state index in [1.165, 1.54) is 20.7 Å². The second-order valence-corrected chi connectivity index (χ2v) is 7.87. The van der Waals surface area contributed by atoms with Crippen LogP contribution < -0.4 is 0 Å². The van der Waals surface area contributed by atoms with Crippen molar-refractivity contribution in [3.63, 3.8) is 0 Å². The molecular weight excluding hydrogens is 404 g/mol. The Balaban J connectivity index is 2.07. The smallest absolute Gasteiger partial charge is 0.214 e. The summed E-state index contributed by atoms with van der Waals surface area (Å²) >= 11 is 11.5. The second-order valence-electron chi connectivity index (χ2n) is 3.32. The van der Waals surface area contributed by atoms with Gasteiger partial charge >= 0.3 is 0 Å². The van der Waals surface area contributed by atoms with Gasteiger partial charge in [0.15, 0.2) is 0 Å². The minimum Gasteiger partial charge on any atom is -0.287 e. The molecule has 0 aromatic carbocycles. The average molecular weight is 408 g/mol. The summed E-state index contributed by atoms with van der Waals surface area (Å²) in [6, 6.07) is 4.04. The quantitative estimate of drug-likeness (QED) is 0.492. The fourth-order valence-electron chi connectivity index (χ4n) is 1.47. The number of fused-ring (bicyclic) bond motifs is 1. The Labute approximate surface area is 126 Å². The zero-order chi connectivity index (χ0) is 12.0. The Morgan fingerprint density at radius 2 is 2.00 bits per heavy atom. The van der Waals surface area contributed by atoms with Crippen LogP contribution in [0.25, 0.3) is 9.40 Å². The van der Waals surface area contributed by atoms with E-state index in [0.29, 0.717) is 0 Å². The lowest BCUT2D eigenvalue weighted by atomic mass is 10.3. The number of hydrogen-bond acceptors (Lipinski definition) is 4. The van der Waals surface area contributed by atoms with Crippen LogP contribution in [0.2, 0.25) is 0 Å². The lowest BCUT2D eigenvalue weighted by molar-refractivity contribution is 0.104. The highest BCUT2D eigenvalue weighted by atomic mass is 79.9. The molecule has 0 unspecified atom stereocenters. The first-order chi connectivity index (χ1) is 8.16. The summed E-state index contributed by atoms with van der Waals surface area (Å²) in [4.78, 5) is 13.9. The summed E-state index contributed by atoms with van der Waals surface area (Å²) in [6.07, 6.45) is 0. The van der Waals surface area contributed by atoms with E-state index >= 15 is 0 Å². The van der Waals surface area contributed by atoms with Gasteiger partial charge in [-0.05, 0) is 49.4 Å². The maximum absolute atomic E-state index is 12.3. The van der Waals surface area contributed by atoms with E-state index in [0.717, 1.165) is 18.7 Å². The van der Waals surface area contributed by atoms with Crippen LogP contribution >= 0.6 is 65.9 Å². The largest absolute Gasteiger partial charge is 0.287 e. The van der Waals surface area contributed by atoms with Gasteiger partial charge in [0.25, 0.3) is 0 Å². The van der Waals surface area contributed by atoms with Gasteiger partial charge in [0.2, 0.25) is 5.78 Å². The van der Waals surface area contributed by atoms with E-state index in [2.05, 4.69) is 37.9 Å². The first-order valence-corrected chi connectivity index (χ1v) is 8.77. The molecule has 3 aromatic rings. The van der Waals surface area contributed by atoms with Crippen LogP contribution in [0.5, 0.6) is 0 Å². The Kier molecular flexibility index (Phi) is 3.25. The van der Waals surface area contributed by atoms with Crippen LogP contribution in [0, 0.1) is 0 Å². The molecule has 0 saturated carbocycles. The van der Waals surface area contributed by atoms with E-state index in [9.17, 15) is 4.79 Å². The van der Waals surface area contributed by atoms with Crippen molar-refractivity contribution < 1.29 is 4.79 Å². The highest BCUT2D eigenvalue weighted by Crippen LogP contribution is 2.37. The minimum absolute atomic E-state index is 0.0981. The number of rotatable bonds is 2. The van der Waals surface area contributed by atoms with Crippen molar-refractivity contribution in [2.24, 2.45) is 0 Å². The monoisotopic (exact) mass is 406 g/mol. The number of halogens is 2. The molecule has 0 aliphatic heterocycles. The molecule has 1 nitrogen and oxygen atoms in total. The van der Waals surface area contributed by atoms with E-state index < -0.39 is 0 Å². The van der Waals surface area contributed by atoms with Gasteiger partial charge in [-0.2, -0.15) is 0 Å². The Hall–Kier alpha value is -0.0100. The molecule has 3 aromatic heterocycles. The molecule has 0 bridgehead atoms. The third-order valence-corrected chi connectivity index (χ3v) is 7.88. The third kappa shape index (κ3) is 2.06. The maximum Gasteiger partial charge on any atom is 0.214 e. The molecule has 3 heterocycles. The van der Waals surface area contributed by atoms with Gasteiger partial charge in [-0.15, -0.1) is 34.0 Å². The van der Waals surface area contributed by atoms with Crippen LogP contribution in [0.4, 0.5) is 0 Å².